The van der Waals surface area contributed by atoms with E-state index >= 15 is 0 Å². The van der Waals surface area contributed by atoms with E-state index in [4.69, 9.17) is 0 Å². The number of nitrogens with zero attached hydrogens (tertiary/aromatic N) is 3. The lowest BCUT2D eigenvalue weighted by Crippen LogP contribution is -2.23. The number of aromatic nitrogens is 3. The zero-order valence-corrected chi connectivity index (χ0v) is 13.6. The van der Waals surface area contributed by atoms with Crippen molar-refractivity contribution < 1.29 is 4.79 Å². The Morgan fingerprint density at radius 1 is 1.58 bits per heavy atom. The second kappa shape index (κ2) is 6.99. The number of thiazole rings is 1. The molecule has 0 bridgehead atoms. The third-order valence-corrected chi connectivity index (χ3v) is 3.91. The van der Waals surface area contributed by atoms with E-state index in [1.165, 1.54) is 0 Å². The monoisotopic (exact) mass is 390 g/mol. The summed E-state index contributed by atoms with van der Waals surface area (Å²) in [6.07, 6.45) is 5.08. The van der Waals surface area contributed by atoms with Gasteiger partial charge in [-0.05, 0) is 35.9 Å². The van der Waals surface area contributed by atoms with Crippen LogP contribution in [0.3, 0.4) is 0 Å². The Kier molecular flexibility index (Phi) is 5.32. The van der Waals surface area contributed by atoms with Crippen molar-refractivity contribution in [3.63, 3.8) is 0 Å². The number of carbonyl (C=O) groups excluding carboxylic acids is 1. The molecule has 0 spiro atoms. The minimum atomic E-state index is 0.0625. The molecular formula is C12H15IN4OS. The van der Waals surface area contributed by atoms with E-state index in [2.05, 4.69) is 38.0 Å². The van der Waals surface area contributed by atoms with Crippen LogP contribution in [-0.2, 0) is 17.9 Å². The number of hydrogen-bond acceptors (Lipinski definition) is 4. The van der Waals surface area contributed by atoms with Gasteiger partial charge in [0.05, 0.1) is 27.0 Å². The second-order valence-electron chi connectivity index (χ2n) is 4.16. The van der Waals surface area contributed by atoms with Crippen LogP contribution in [0.25, 0.3) is 0 Å². The highest BCUT2D eigenvalue weighted by atomic mass is 127. The number of halogens is 1. The summed E-state index contributed by atoms with van der Waals surface area (Å²) in [6, 6.07) is 0. The van der Waals surface area contributed by atoms with E-state index in [1.54, 1.807) is 11.3 Å². The Hall–Kier alpha value is -0.960. The molecule has 0 radical (unpaired) electrons. The predicted octanol–water partition coefficient (Wildman–Crippen LogP) is 2.35. The molecule has 0 aromatic carbocycles. The summed E-state index contributed by atoms with van der Waals surface area (Å²) >= 11 is 3.82. The molecule has 1 amide bonds. The maximum absolute atomic E-state index is 11.7. The topological polar surface area (TPSA) is 59.8 Å². The van der Waals surface area contributed by atoms with Crippen LogP contribution in [0.5, 0.6) is 0 Å². The lowest BCUT2D eigenvalue weighted by atomic mass is 10.3. The molecule has 1 N–H and O–H groups in total. The maximum Gasteiger partial charge on any atom is 0.220 e. The average Bonchev–Trinajstić information content (AvgIpc) is 2.96. The highest BCUT2D eigenvalue weighted by Gasteiger charge is 2.04. The Morgan fingerprint density at radius 3 is 3.05 bits per heavy atom. The number of hydrogen-bond donors (Lipinski definition) is 1. The first-order valence-corrected chi connectivity index (χ1v) is 7.95. The lowest BCUT2D eigenvalue weighted by molar-refractivity contribution is -0.121. The summed E-state index contributed by atoms with van der Waals surface area (Å²) in [5.74, 6) is 0.0625. The number of amides is 1. The molecular weight excluding hydrogens is 375 g/mol. The second-order valence-corrected chi connectivity index (χ2v) is 6.47. The van der Waals surface area contributed by atoms with E-state index in [0.29, 0.717) is 13.0 Å². The fourth-order valence-electron chi connectivity index (χ4n) is 1.63. The van der Waals surface area contributed by atoms with Crippen LogP contribution in [0.4, 0.5) is 0 Å². The molecule has 0 saturated carbocycles. The lowest BCUT2D eigenvalue weighted by Gasteiger charge is -2.03. The fourth-order valence-corrected chi connectivity index (χ4v) is 2.69. The van der Waals surface area contributed by atoms with Crippen molar-refractivity contribution in [2.75, 3.05) is 0 Å². The summed E-state index contributed by atoms with van der Waals surface area (Å²) in [4.78, 5) is 16.0. The molecule has 0 atom stereocenters. The van der Waals surface area contributed by atoms with Crippen LogP contribution >= 0.6 is 33.9 Å². The molecule has 102 valence electrons. The quantitative estimate of drug-likeness (QED) is 0.771. The SMILES string of the molecule is Cc1nc(CNC(=O)CCCn2cc(I)cn2)cs1. The zero-order chi connectivity index (χ0) is 13.7. The molecule has 7 heteroatoms. The molecule has 5 nitrogen and oxygen atoms in total. The van der Waals surface area contributed by atoms with E-state index in [1.807, 2.05) is 29.4 Å². The van der Waals surface area contributed by atoms with Gasteiger partial charge in [-0.15, -0.1) is 11.3 Å². The number of nitrogens with one attached hydrogen (secondary N) is 1. The minimum Gasteiger partial charge on any atom is -0.350 e. The summed E-state index contributed by atoms with van der Waals surface area (Å²) in [6.45, 7) is 3.25. The molecule has 0 fully saturated rings. The Balaban J connectivity index is 1.64. The van der Waals surface area contributed by atoms with Gasteiger partial charge in [0.15, 0.2) is 0 Å². The van der Waals surface area contributed by atoms with Gasteiger partial charge in [-0.1, -0.05) is 0 Å². The molecule has 2 aromatic rings. The Bertz CT molecular complexity index is 551. The van der Waals surface area contributed by atoms with Gasteiger partial charge >= 0.3 is 0 Å². The van der Waals surface area contributed by atoms with Crippen LogP contribution in [0.2, 0.25) is 0 Å². The third-order valence-electron chi connectivity index (χ3n) is 2.53. The van der Waals surface area contributed by atoms with Crippen molar-refractivity contribution in [2.24, 2.45) is 0 Å². The largest absolute Gasteiger partial charge is 0.350 e. The number of carbonyl (C=O) groups is 1. The molecule has 2 rings (SSSR count). The third kappa shape index (κ3) is 4.90. The molecule has 19 heavy (non-hydrogen) atoms. The van der Waals surface area contributed by atoms with Gasteiger partial charge in [0.25, 0.3) is 0 Å². The minimum absolute atomic E-state index is 0.0625. The first kappa shape index (κ1) is 14.4. The molecule has 2 aromatic heterocycles. The van der Waals surface area contributed by atoms with Gasteiger partial charge in [-0.3, -0.25) is 9.48 Å². The summed E-state index contributed by atoms with van der Waals surface area (Å²) in [5, 5.41) is 10.1. The van der Waals surface area contributed by atoms with E-state index in [-0.39, 0.29) is 5.91 Å². The van der Waals surface area contributed by atoms with Crippen molar-refractivity contribution in [1.29, 1.82) is 0 Å². The molecule has 0 unspecified atom stereocenters. The van der Waals surface area contributed by atoms with Gasteiger partial charge in [0, 0.05) is 24.5 Å². The molecule has 2 heterocycles. The summed E-state index contributed by atoms with van der Waals surface area (Å²) in [7, 11) is 0. The van der Waals surface area contributed by atoms with Gasteiger partial charge < -0.3 is 5.32 Å². The first-order valence-electron chi connectivity index (χ1n) is 5.99. The normalized spacial score (nSPS) is 10.6. The smallest absolute Gasteiger partial charge is 0.220 e. The maximum atomic E-state index is 11.7. The Labute approximate surface area is 129 Å². The predicted molar refractivity (Wildman–Crippen MR) is 82.9 cm³/mol. The summed E-state index contributed by atoms with van der Waals surface area (Å²) < 4.78 is 2.97. The Morgan fingerprint density at radius 2 is 2.42 bits per heavy atom. The van der Waals surface area contributed by atoms with Crippen molar-refractivity contribution >= 4 is 39.8 Å². The fraction of sp³-hybridized carbons (Fsp3) is 0.417. The van der Waals surface area contributed by atoms with Gasteiger partial charge in [-0.25, -0.2) is 4.98 Å². The first-order chi connectivity index (χ1) is 9.13. The highest BCUT2D eigenvalue weighted by Crippen LogP contribution is 2.07. The standard InChI is InChI=1S/C12H15IN4OS/c1-9-16-11(8-19-9)6-14-12(18)3-2-4-17-7-10(13)5-15-17/h5,7-8H,2-4,6H2,1H3,(H,14,18). The summed E-state index contributed by atoms with van der Waals surface area (Å²) in [5.41, 5.74) is 0.928. The van der Waals surface area contributed by atoms with E-state index in [9.17, 15) is 4.79 Å². The van der Waals surface area contributed by atoms with Gasteiger partial charge in [0.1, 0.15) is 0 Å². The highest BCUT2D eigenvalue weighted by molar-refractivity contribution is 14.1. The van der Waals surface area contributed by atoms with Crippen LogP contribution in [0, 0.1) is 10.5 Å². The van der Waals surface area contributed by atoms with Crippen LogP contribution < -0.4 is 5.32 Å². The number of aryl methyl sites for hydroxylation is 2. The van der Waals surface area contributed by atoms with Crippen molar-refractivity contribution in [2.45, 2.75) is 32.9 Å². The molecule has 0 aliphatic rings. The van der Waals surface area contributed by atoms with Crippen LogP contribution in [0.1, 0.15) is 23.5 Å². The average molecular weight is 390 g/mol. The molecule has 0 aliphatic heterocycles. The van der Waals surface area contributed by atoms with Crippen LogP contribution in [-0.4, -0.2) is 20.7 Å². The molecule has 0 aliphatic carbocycles. The van der Waals surface area contributed by atoms with Crippen LogP contribution in [0.15, 0.2) is 17.8 Å². The van der Waals surface area contributed by atoms with E-state index < -0.39 is 0 Å². The zero-order valence-electron chi connectivity index (χ0n) is 10.6. The molecule has 0 saturated heterocycles. The van der Waals surface area contributed by atoms with Crippen molar-refractivity contribution in [1.82, 2.24) is 20.1 Å². The van der Waals surface area contributed by atoms with E-state index in [0.717, 1.165) is 27.2 Å². The van der Waals surface area contributed by atoms with Crippen molar-refractivity contribution in [3.05, 3.63) is 32.0 Å². The van der Waals surface area contributed by atoms with Gasteiger partial charge in [0.2, 0.25) is 5.91 Å². The van der Waals surface area contributed by atoms with Gasteiger partial charge in [-0.2, -0.15) is 5.10 Å². The van der Waals surface area contributed by atoms with Crippen molar-refractivity contribution in [3.8, 4) is 0 Å². The number of rotatable bonds is 6.